The van der Waals surface area contributed by atoms with Crippen LogP contribution in [0.3, 0.4) is 0 Å². The third-order valence-electron chi connectivity index (χ3n) is 2.88. The highest BCUT2D eigenvalue weighted by atomic mass is 15.3. The summed E-state index contributed by atoms with van der Waals surface area (Å²) in [5.74, 6) is 0.585. The van der Waals surface area contributed by atoms with E-state index in [2.05, 4.69) is 49.3 Å². The number of nitrogens with zero attached hydrogens (tertiary/aromatic N) is 2. The lowest BCUT2D eigenvalue weighted by Gasteiger charge is -2.07. The molecule has 0 saturated carbocycles. The third-order valence-corrected chi connectivity index (χ3v) is 2.88. The second-order valence-corrected chi connectivity index (χ2v) is 4.57. The fourth-order valence-electron chi connectivity index (χ4n) is 1.92. The van der Waals surface area contributed by atoms with Crippen LogP contribution in [-0.4, -0.2) is 9.78 Å². The summed E-state index contributed by atoms with van der Waals surface area (Å²) in [6.45, 7) is 6.44. The molecule has 1 heterocycles. The number of hydrogen-bond acceptors (Lipinski definition) is 1. The molecule has 0 fully saturated rings. The van der Waals surface area contributed by atoms with E-state index in [4.69, 9.17) is 0 Å². The molecule has 1 aromatic heterocycles. The molecule has 2 heteroatoms. The average Bonchev–Trinajstić information content (AvgIpc) is 2.58. The predicted molar refractivity (Wildman–Crippen MR) is 67.5 cm³/mol. The van der Waals surface area contributed by atoms with Crippen LogP contribution in [0.2, 0.25) is 0 Å². The average molecular weight is 214 g/mol. The van der Waals surface area contributed by atoms with Crippen LogP contribution in [0.4, 0.5) is 0 Å². The quantitative estimate of drug-likeness (QED) is 0.748. The van der Waals surface area contributed by atoms with Crippen LogP contribution >= 0.6 is 0 Å². The van der Waals surface area contributed by atoms with Crippen molar-refractivity contribution in [2.45, 2.75) is 26.7 Å². The Kier molecular flexibility index (Phi) is 2.82. The van der Waals surface area contributed by atoms with E-state index in [1.54, 1.807) is 0 Å². The van der Waals surface area contributed by atoms with Crippen LogP contribution in [0, 0.1) is 6.92 Å². The van der Waals surface area contributed by atoms with E-state index in [0.717, 1.165) is 5.69 Å². The van der Waals surface area contributed by atoms with Gasteiger partial charge in [-0.1, -0.05) is 38.1 Å². The van der Waals surface area contributed by atoms with Crippen LogP contribution in [0.25, 0.3) is 11.3 Å². The summed E-state index contributed by atoms with van der Waals surface area (Å²) in [6, 6.07) is 10.9. The first-order valence-electron chi connectivity index (χ1n) is 5.69. The Morgan fingerprint density at radius 3 is 2.19 bits per heavy atom. The van der Waals surface area contributed by atoms with Crippen LogP contribution in [-0.2, 0) is 7.05 Å². The smallest absolute Gasteiger partial charge is 0.0681 e. The summed E-state index contributed by atoms with van der Waals surface area (Å²) in [6.07, 6.45) is 0. The highest BCUT2D eigenvalue weighted by molar-refractivity contribution is 5.60. The Balaban J connectivity index is 2.38. The molecule has 16 heavy (non-hydrogen) atoms. The van der Waals surface area contributed by atoms with Crippen molar-refractivity contribution in [2.75, 3.05) is 0 Å². The van der Waals surface area contributed by atoms with Gasteiger partial charge in [0.25, 0.3) is 0 Å². The number of rotatable bonds is 2. The highest BCUT2D eigenvalue weighted by Crippen LogP contribution is 2.22. The maximum Gasteiger partial charge on any atom is 0.0681 e. The largest absolute Gasteiger partial charge is 0.268 e. The van der Waals surface area contributed by atoms with Crippen molar-refractivity contribution in [3.05, 3.63) is 41.6 Å². The fraction of sp³-hybridized carbons (Fsp3) is 0.357. The van der Waals surface area contributed by atoms with Crippen molar-refractivity contribution in [1.82, 2.24) is 9.78 Å². The van der Waals surface area contributed by atoms with Crippen LogP contribution in [0.5, 0.6) is 0 Å². The Bertz CT molecular complexity index is 478. The van der Waals surface area contributed by atoms with E-state index in [1.807, 2.05) is 18.7 Å². The van der Waals surface area contributed by atoms with Gasteiger partial charge in [0.1, 0.15) is 0 Å². The lowest BCUT2D eigenvalue weighted by atomic mass is 10.0. The van der Waals surface area contributed by atoms with E-state index in [1.165, 1.54) is 16.8 Å². The van der Waals surface area contributed by atoms with Gasteiger partial charge in [-0.2, -0.15) is 5.10 Å². The Morgan fingerprint density at radius 1 is 1.12 bits per heavy atom. The molecule has 0 bridgehead atoms. The van der Waals surface area contributed by atoms with Gasteiger partial charge in [0.05, 0.1) is 11.4 Å². The second-order valence-electron chi connectivity index (χ2n) is 4.57. The lowest BCUT2D eigenvalue weighted by Crippen LogP contribution is -1.94. The van der Waals surface area contributed by atoms with Crippen molar-refractivity contribution in [3.63, 3.8) is 0 Å². The van der Waals surface area contributed by atoms with Gasteiger partial charge in [0.15, 0.2) is 0 Å². The minimum Gasteiger partial charge on any atom is -0.268 e. The van der Waals surface area contributed by atoms with Gasteiger partial charge in [-0.3, -0.25) is 4.68 Å². The summed E-state index contributed by atoms with van der Waals surface area (Å²) in [4.78, 5) is 0. The zero-order valence-electron chi connectivity index (χ0n) is 10.4. The molecule has 0 atom stereocenters. The van der Waals surface area contributed by atoms with Crippen molar-refractivity contribution in [3.8, 4) is 11.3 Å². The number of hydrogen-bond donors (Lipinski definition) is 0. The Labute approximate surface area is 96.9 Å². The van der Waals surface area contributed by atoms with Crippen LogP contribution < -0.4 is 0 Å². The molecule has 0 amide bonds. The highest BCUT2D eigenvalue weighted by Gasteiger charge is 2.05. The molecule has 0 radical (unpaired) electrons. The molecule has 0 saturated heterocycles. The van der Waals surface area contributed by atoms with Crippen LogP contribution in [0.15, 0.2) is 30.3 Å². The lowest BCUT2D eigenvalue weighted by molar-refractivity contribution is 0.764. The predicted octanol–water partition coefficient (Wildman–Crippen LogP) is 3.52. The van der Waals surface area contributed by atoms with Gasteiger partial charge in [-0.25, -0.2) is 0 Å². The van der Waals surface area contributed by atoms with E-state index in [-0.39, 0.29) is 0 Å². The number of aryl methyl sites for hydroxylation is 2. The van der Waals surface area contributed by atoms with E-state index >= 15 is 0 Å². The van der Waals surface area contributed by atoms with E-state index in [0.29, 0.717) is 5.92 Å². The molecular weight excluding hydrogens is 196 g/mol. The minimum absolute atomic E-state index is 0.585. The zero-order valence-corrected chi connectivity index (χ0v) is 10.4. The summed E-state index contributed by atoms with van der Waals surface area (Å²) >= 11 is 0. The standard InChI is InChI=1S/C14H18N2/c1-10(2)12-5-7-13(8-6-12)14-9-11(3)15-16(14)4/h5-10H,1-4H3. The molecule has 0 aliphatic rings. The Hall–Kier alpha value is -1.57. The molecule has 2 rings (SSSR count). The Morgan fingerprint density at radius 2 is 1.75 bits per heavy atom. The first-order chi connectivity index (χ1) is 7.58. The van der Waals surface area contributed by atoms with Gasteiger partial charge in [0, 0.05) is 7.05 Å². The van der Waals surface area contributed by atoms with Gasteiger partial charge in [-0.05, 0) is 30.0 Å². The SMILES string of the molecule is Cc1cc(-c2ccc(C(C)C)cc2)n(C)n1. The fourth-order valence-corrected chi connectivity index (χ4v) is 1.92. The zero-order chi connectivity index (χ0) is 11.7. The molecule has 84 valence electrons. The molecule has 0 unspecified atom stereocenters. The van der Waals surface area contributed by atoms with Gasteiger partial charge >= 0.3 is 0 Å². The summed E-state index contributed by atoms with van der Waals surface area (Å²) in [5.41, 5.74) is 4.84. The topological polar surface area (TPSA) is 17.8 Å². The van der Waals surface area contributed by atoms with Gasteiger partial charge < -0.3 is 0 Å². The van der Waals surface area contributed by atoms with Gasteiger partial charge in [-0.15, -0.1) is 0 Å². The van der Waals surface area contributed by atoms with E-state index < -0.39 is 0 Å². The molecule has 0 spiro atoms. The molecular formula is C14H18N2. The monoisotopic (exact) mass is 214 g/mol. The first-order valence-corrected chi connectivity index (χ1v) is 5.69. The molecule has 0 aliphatic heterocycles. The van der Waals surface area contributed by atoms with Crippen molar-refractivity contribution in [2.24, 2.45) is 7.05 Å². The molecule has 0 N–H and O–H groups in total. The normalized spacial score (nSPS) is 11.1. The molecule has 0 aliphatic carbocycles. The second kappa shape index (κ2) is 4.12. The maximum absolute atomic E-state index is 4.36. The molecule has 2 nitrogen and oxygen atoms in total. The van der Waals surface area contributed by atoms with Crippen LogP contribution in [0.1, 0.15) is 31.0 Å². The van der Waals surface area contributed by atoms with Crippen molar-refractivity contribution in [1.29, 1.82) is 0 Å². The minimum atomic E-state index is 0.585. The summed E-state index contributed by atoms with van der Waals surface area (Å²) in [5, 5.41) is 4.36. The molecule has 2 aromatic rings. The van der Waals surface area contributed by atoms with Gasteiger partial charge in [0.2, 0.25) is 0 Å². The summed E-state index contributed by atoms with van der Waals surface area (Å²) < 4.78 is 1.93. The van der Waals surface area contributed by atoms with E-state index in [9.17, 15) is 0 Å². The van der Waals surface area contributed by atoms with Crippen molar-refractivity contribution < 1.29 is 0 Å². The third kappa shape index (κ3) is 2.01. The number of aromatic nitrogens is 2. The number of benzene rings is 1. The molecule has 1 aromatic carbocycles. The maximum atomic E-state index is 4.36. The summed E-state index contributed by atoms with van der Waals surface area (Å²) in [7, 11) is 1.98. The first kappa shape index (κ1) is 10.9. The van der Waals surface area contributed by atoms with Crippen molar-refractivity contribution >= 4 is 0 Å².